The lowest BCUT2D eigenvalue weighted by atomic mass is 10.1. The largest absolute Gasteiger partial charge is 0.464 e. The van der Waals surface area contributed by atoms with Crippen LogP contribution in [0.1, 0.15) is 45.1 Å². The summed E-state index contributed by atoms with van der Waals surface area (Å²) in [5.41, 5.74) is -0.387. The van der Waals surface area contributed by atoms with Crippen LogP contribution in [0.5, 0.6) is 0 Å². The summed E-state index contributed by atoms with van der Waals surface area (Å²) in [6.45, 7) is 3.16. The second kappa shape index (κ2) is 20.8. The van der Waals surface area contributed by atoms with E-state index in [0.29, 0.717) is 18.4 Å². The summed E-state index contributed by atoms with van der Waals surface area (Å²) in [7, 11) is 0. The number of hydrogen-bond donors (Lipinski definition) is 3. The highest BCUT2D eigenvalue weighted by atomic mass is 32.2. The van der Waals surface area contributed by atoms with Crippen LogP contribution in [0.4, 0.5) is 16.2 Å². The van der Waals surface area contributed by atoms with Crippen molar-refractivity contribution < 1.29 is 48.0 Å². The minimum Gasteiger partial charge on any atom is -0.464 e. The SMILES string of the molecule is CCCOC(=O)CNC(=O)[C@H](CSc1ccc([N+](=O)[O-])cc1[N+](=O)[O-])NC(=O)CC[C@H](NC(=O)OCc1ccccc1)C(=O)OCCC. The number of thioether (sulfide) groups is 1. The van der Waals surface area contributed by atoms with Gasteiger partial charge < -0.3 is 30.2 Å². The molecule has 48 heavy (non-hydrogen) atoms. The van der Waals surface area contributed by atoms with E-state index < -0.39 is 69.7 Å². The minimum atomic E-state index is -1.36. The molecule has 0 aromatic heterocycles. The highest BCUT2D eigenvalue weighted by Crippen LogP contribution is 2.32. The number of alkyl carbamates (subject to hydrolysis) is 1. The van der Waals surface area contributed by atoms with Gasteiger partial charge in [0.15, 0.2) is 0 Å². The number of nitrogens with zero attached hydrogens (tertiary/aromatic N) is 2. The van der Waals surface area contributed by atoms with Crippen molar-refractivity contribution in [2.45, 2.75) is 63.1 Å². The van der Waals surface area contributed by atoms with Crippen molar-refractivity contribution in [2.24, 2.45) is 0 Å². The Morgan fingerprint density at radius 3 is 2.19 bits per heavy atom. The van der Waals surface area contributed by atoms with E-state index in [1.807, 2.05) is 0 Å². The van der Waals surface area contributed by atoms with E-state index in [-0.39, 0.29) is 43.3 Å². The van der Waals surface area contributed by atoms with E-state index in [9.17, 15) is 44.2 Å². The maximum Gasteiger partial charge on any atom is 0.408 e. The van der Waals surface area contributed by atoms with Crippen molar-refractivity contribution >= 4 is 53.0 Å². The zero-order valence-corrected chi connectivity index (χ0v) is 27.2. The highest BCUT2D eigenvalue weighted by molar-refractivity contribution is 7.99. The number of nitro benzene ring substituents is 2. The first-order valence-corrected chi connectivity index (χ1v) is 15.9. The van der Waals surface area contributed by atoms with Gasteiger partial charge in [-0.1, -0.05) is 44.2 Å². The van der Waals surface area contributed by atoms with Gasteiger partial charge in [-0.3, -0.25) is 34.6 Å². The molecule has 3 amide bonds. The Kier molecular flexibility index (Phi) is 16.8. The van der Waals surface area contributed by atoms with Gasteiger partial charge in [0.25, 0.3) is 11.4 Å². The third kappa shape index (κ3) is 14.0. The van der Waals surface area contributed by atoms with Gasteiger partial charge >= 0.3 is 18.0 Å². The molecule has 0 aliphatic carbocycles. The molecule has 2 aromatic rings. The molecule has 0 unspecified atom stereocenters. The number of benzene rings is 2. The molecule has 0 aliphatic heterocycles. The molecule has 0 saturated heterocycles. The third-order valence-electron chi connectivity index (χ3n) is 6.18. The predicted octanol–water partition coefficient (Wildman–Crippen LogP) is 3.18. The minimum absolute atomic E-state index is 0.0167. The molecule has 260 valence electrons. The zero-order chi connectivity index (χ0) is 35.5. The number of carbonyl (C=O) groups is 5. The number of nitro groups is 2. The van der Waals surface area contributed by atoms with Gasteiger partial charge in [0.1, 0.15) is 25.2 Å². The lowest BCUT2D eigenvalue weighted by molar-refractivity contribution is -0.396. The number of nitrogens with one attached hydrogen (secondary N) is 3. The Bertz CT molecular complexity index is 1440. The summed E-state index contributed by atoms with van der Waals surface area (Å²) < 4.78 is 15.2. The number of esters is 2. The van der Waals surface area contributed by atoms with Crippen molar-refractivity contribution in [3.8, 4) is 0 Å². The quantitative estimate of drug-likeness (QED) is 0.0596. The Balaban J connectivity index is 2.14. The van der Waals surface area contributed by atoms with Crippen LogP contribution in [0.25, 0.3) is 0 Å². The highest BCUT2D eigenvalue weighted by Gasteiger charge is 2.28. The van der Waals surface area contributed by atoms with Gasteiger partial charge in [0.2, 0.25) is 11.8 Å². The fourth-order valence-corrected chi connectivity index (χ4v) is 4.82. The van der Waals surface area contributed by atoms with Crippen LogP contribution >= 0.6 is 11.8 Å². The van der Waals surface area contributed by atoms with E-state index in [1.165, 1.54) is 0 Å². The molecule has 0 spiro atoms. The van der Waals surface area contributed by atoms with E-state index in [4.69, 9.17) is 14.2 Å². The number of carbonyl (C=O) groups excluding carboxylic acids is 5. The Labute approximate surface area is 279 Å². The van der Waals surface area contributed by atoms with E-state index in [1.54, 1.807) is 44.2 Å². The second-order valence-corrected chi connectivity index (χ2v) is 11.1. The first-order valence-electron chi connectivity index (χ1n) is 14.9. The average molecular weight is 692 g/mol. The Morgan fingerprint density at radius 2 is 1.54 bits per heavy atom. The summed E-state index contributed by atoms with van der Waals surface area (Å²) in [6, 6.07) is 9.14. The van der Waals surface area contributed by atoms with Crippen molar-refractivity contribution in [1.29, 1.82) is 0 Å². The van der Waals surface area contributed by atoms with Crippen LogP contribution in [0.15, 0.2) is 53.4 Å². The molecular weight excluding hydrogens is 654 g/mol. The van der Waals surface area contributed by atoms with Gasteiger partial charge in [-0.05, 0) is 30.9 Å². The molecular formula is C30H37N5O12S. The molecule has 0 aliphatic rings. The third-order valence-corrected chi connectivity index (χ3v) is 7.34. The lowest BCUT2D eigenvalue weighted by Gasteiger charge is -2.20. The van der Waals surface area contributed by atoms with Crippen molar-refractivity contribution in [1.82, 2.24) is 16.0 Å². The predicted molar refractivity (Wildman–Crippen MR) is 171 cm³/mol. The first kappa shape index (κ1) is 38.9. The van der Waals surface area contributed by atoms with Crippen LogP contribution in [0.3, 0.4) is 0 Å². The topological polar surface area (TPSA) is 235 Å². The zero-order valence-electron chi connectivity index (χ0n) is 26.3. The van der Waals surface area contributed by atoms with Crippen LogP contribution in [0, 0.1) is 20.2 Å². The monoisotopic (exact) mass is 691 g/mol. The lowest BCUT2D eigenvalue weighted by Crippen LogP contribution is -2.50. The molecule has 0 bridgehead atoms. The summed E-state index contributed by atoms with van der Waals surface area (Å²) in [5.74, 6) is -3.38. The van der Waals surface area contributed by atoms with Crippen molar-refractivity contribution in [3.05, 3.63) is 74.3 Å². The fraction of sp³-hybridized carbons (Fsp3) is 0.433. The number of amides is 3. The Morgan fingerprint density at radius 1 is 0.854 bits per heavy atom. The normalized spacial score (nSPS) is 11.7. The summed E-state index contributed by atoms with van der Waals surface area (Å²) >= 11 is 0.769. The number of rotatable bonds is 20. The van der Waals surface area contributed by atoms with Crippen LogP contribution in [-0.2, 0) is 40.0 Å². The van der Waals surface area contributed by atoms with Gasteiger partial charge in [-0.25, -0.2) is 9.59 Å². The molecule has 17 nitrogen and oxygen atoms in total. The number of hydrogen-bond acceptors (Lipinski definition) is 13. The molecule has 2 aromatic carbocycles. The van der Waals surface area contributed by atoms with Crippen LogP contribution in [0.2, 0.25) is 0 Å². The summed E-state index contributed by atoms with van der Waals surface area (Å²) in [5, 5.41) is 29.9. The smallest absolute Gasteiger partial charge is 0.408 e. The summed E-state index contributed by atoms with van der Waals surface area (Å²) in [4.78, 5) is 84.1. The number of ether oxygens (including phenoxy) is 3. The van der Waals surface area contributed by atoms with E-state index in [2.05, 4.69) is 16.0 Å². The molecule has 2 rings (SSSR count). The molecule has 18 heteroatoms. The molecule has 2 atom stereocenters. The fourth-order valence-electron chi connectivity index (χ4n) is 3.79. The van der Waals surface area contributed by atoms with Gasteiger partial charge in [-0.2, -0.15) is 0 Å². The van der Waals surface area contributed by atoms with Crippen molar-refractivity contribution in [3.63, 3.8) is 0 Å². The standard InChI is InChI=1S/C30H37N5O12S/c1-3-14-45-27(37)17-31-28(38)23(19-48-25-12-10-21(34(41)42)16-24(25)35(43)44)32-26(36)13-11-22(29(39)46-15-4-2)33-30(40)47-18-20-8-6-5-7-9-20/h5-10,12,16,22-23H,3-4,11,13-15,17-19H2,1-2H3,(H,31,38)(H,32,36)(H,33,40)/t22-,23-/m0/s1. The van der Waals surface area contributed by atoms with Crippen molar-refractivity contribution in [2.75, 3.05) is 25.5 Å². The maximum absolute atomic E-state index is 13.0. The van der Waals surface area contributed by atoms with Crippen LogP contribution < -0.4 is 16.0 Å². The summed E-state index contributed by atoms with van der Waals surface area (Å²) in [6.07, 6.45) is -0.491. The first-order chi connectivity index (χ1) is 22.9. The maximum atomic E-state index is 13.0. The molecule has 0 fully saturated rings. The van der Waals surface area contributed by atoms with E-state index >= 15 is 0 Å². The van der Waals surface area contributed by atoms with E-state index in [0.717, 1.165) is 30.0 Å². The van der Waals surface area contributed by atoms with Gasteiger partial charge in [-0.15, -0.1) is 11.8 Å². The van der Waals surface area contributed by atoms with Crippen LogP contribution in [-0.4, -0.2) is 77.3 Å². The molecule has 3 N–H and O–H groups in total. The van der Waals surface area contributed by atoms with Gasteiger partial charge in [0, 0.05) is 18.2 Å². The Hall–Kier alpha value is -5.26. The molecule has 0 saturated carbocycles. The number of non-ortho nitro benzene ring substituents is 1. The second-order valence-electron chi connectivity index (χ2n) is 10.0. The molecule has 0 heterocycles. The molecule has 0 radical (unpaired) electrons. The van der Waals surface area contributed by atoms with Gasteiger partial charge in [0.05, 0.1) is 34.0 Å². The average Bonchev–Trinajstić information content (AvgIpc) is 3.07.